The first-order chi connectivity index (χ1) is 14.4. The minimum Gasteiger partial charge on any atom is -0.492 e. The van der Waals surface area contributed by atoms with E-state index in [1.165, 1.54) is 0 Å². The summed E-state index contributed by atoms with van der Waals surface area (Å²) >= 11 is 17.0. The number of benzene rings is 2. The van der Waals surface area contributed by atoms with Gasteiger partial charge in [-0.1, -0.05) is 35.3 Å². The SMILES string of the molecule is O=C(CCCOc1ccc(Cl)cc1Cl)NC(=S)Nc1ccccc1C(=O)NCCO. The molecule has 0 unspecified atom stereocenters. The van der Waals surface area contributed by atoms with Crippen molar-refractivity contribution in [3.63, 3.8) is 0 Å². The molecule has 30 heavy (non-hydrogen) atoms. The average Bonchev–Trinajstić information content (AvgIpc) is 2.71. The molecule has 160 valence electrons. The Bertz CT molecular complexity index is 911. The summed E-state index contributed by atoms with van der Waals surface area (Å²) in [7, 11) is 0. The lowest BCUT2D eigenvalue weighted by molar-refractivity contribution is -0.119. The highest BCUT2D eigenvalue weighted by Gasteiger charge is 2.12. The van der Waals surface area contributed by atoms with Crippen LogP contribution in [-0.2, 0) is 4.79 Å². The third kappa shape index (κ3) is 7.79. The van der Waals surface area contributed by atoms with Gasteiger partial charge < -0.3 is 25.8 Å². The van der Waals surface area contributed by atoms with Crippen LogP contribution >= 0.6 is 35.4 Å². The minimum absolute atomic E-state index is 0.0732. The van der Waals surface area contributed by atoms with Crippen LogP contribution in [0.1, 0.15) is 23.2 Å². The van der Waals surface area contributed by atoms with Crippen molar-refractivity contribution in [3.05, 3.63) is 58.1 Å². The zero-order valence-electron chi connectivity index (χ0n) is 15.9. The van der Waals surface area contributed by atoms with Gasteiger partial charge in [0.05, 0.1) is 29.5 Å². The highest BCUT2D eigenvalue weighted by Crippen LogP contribution is 2.27. The van der Waals surface area contributed by atoms with Crippen molar-refractivity contribution >= 4 is 58.0 Å². The number of aliphatic hydroxyl groups is 1. The van der Waals surface area contributed by atoms with Crippen LogP contribution in [0.5, 0.6) is 5.75 Å². The Labute approximate surface area is 189 Å². The molecule has 0 aliphatic heterocycles. The Kier molecular flexibility index (Phi) is 9.82. The average molecular weight is 470 g/mol. The fraction of sp³-hybridized carbons (Fsp3) is 0.250. The maximum Gasteiger partial charge on any atom is 0.253 e. The Hall–Kier alpha value is -2.39. The van der Waals surface area contributed by atoms with Crippen molar-refractivity contribution in [2.24, 2.45) is 0 Å². The van der Waals surface area contributed by atoms with E-state index in [1.54, 1.807) is 42.5 Å². The number of ether oxygens (including phenoxy) is 1. The van der Waals surface area contributed by atoms with Gasteiger partial charge in [-0.3, -0.25) is 9.59 Å². The Balaban J connectivity index is 1.78. The second-order valence-corrected chi connectivity index (χ2v) is 7.31. The molecule has 2 aromatic rings. The molecule has 0 fully saturated rings. The van der Waals surface area contributed by atoms with Crippen molar-refractivity contribution in [3.8, 4) is 5.75 Å². The van der Waals surface area contributed by atoms with Crippen LogP contribution in [0.15, 0.2) is 42.5 Å². The summed E-state index contributed by atoms with van der Waals surface area (Å²) in [5.74, 6) is -0.158. The van der Waals surface area contributed by atoms with Gasteiger partial charge in [0.15, 0.2) is 5.11 Å². The molecule has 4 N–H and O–H groups in total. The number of hydrogen-bond acceptors (Lipinski definition) is 5. The number of para-hydroxylation sites is 1. The molecule has 0 radical (unpaired) electrons. The van der Waals surface area contributed by atoms with Gasteiger partial charge in [-0.2, -0.15) is 0 Å². The first-order valence-electron chi connectivity index (χ1n) is 9.07. The van der Waals surface area contributed by atoms with Gasteiger partial charge in [0.1, 0.15) is 5.75 Å². The number of amides is 2. The number of carbonyl (C=O) groups excluding carboxylic acids is 2. The van der Waals surface area contributed by atoms with E-state index in [-0.39, 0.29) is 36.5 Å². The highest BCUT2D eigenvalue weighted by molar-refractivity contribution is 7.80. The standard InChI is InChI=1S/C20H21Cl2N3O4S/c21-13-7-8-17(15(22)12-13)29-11-3-6-18(27)25-20(30)24-16-5-2-1-4-14(16)19(28)23-9-10-26/h1-2,4-5,7-8,12,26H,3,6,9-11H2,(H,23,28)(H2,24,25,27,30). The second-order valence-electron chi connectivity index (χ2n) is 6.05. The maximum atomic E-state index is 12.1. The summed E-state index contributed by atoms with van der Waals surface area (Å²) in [4.78, 5) is 24.2. The Morgan fingerprint density at radius 3 is 2.63 bits per heavy atom. The van der Waals surface area contributed by atoms with Crippen LogP contribution < -0.4 is 20.7 Å². The lowest BCUT2D eigenvalue weighted by Crippen LogP contribution is -2.35. The van der Waals surface area contributed by atoms with E-state index in [4.69, 9.17) is 45.3 Å². The third-order valence-corrected chi connectivity index (χ3v) is 4.50. The third-order valence-electron chi connectivity index (χ3n) is 3.77. The zero-order valence-corrected chi connectivity index (χ0v) is 18.2. The fourth-order valence-corrected chi connectivity index (χ4v) is 3.09. The van der Waals surface area contributed by atoms with Crippen LogP contribution in [0.4, 0.5) is 5.69 Å². The van der Waals surface area contributed by atoms with Crippen LogP contribution in [0.3, 0.4) is 0 Å². The fourth-order valence-electron chi connectivity index (χ4n) is 2.40. The summed E-state index contributed by atoms with van der Waals surface area (Å²) < 4.78 is 5.54. The first kappa shape index (κ1) is 23.9. The van der Waals surface area contributed by atoms with Crippen LogP contribution in [-0.4, -0.2) is 41.8 Å². The van der Waals surface area contributed by atoms with E-state index < -0.39 is 0 Å². The lowest BCUT2D eigenvalue weighted by atomic mass is 10.1. The summed E-state index contributed by atoms with van der Waals surface area (Å²) in [5.41, 5.74) is 0.787. The molecule has 0 bridgehead atoms. The molecule has 0 saturated heterocycles. The number of anilines is 1. The normalized spacial score (nSPS) is 10.2. The molecule has 7 nitrogen and oxygen atoms in total. The summed E-state index contributed by atoms with van der Waals surface area (Å²) in [6.07, 6.45) is 0.638. The molecule has 10 heteroatoms. The van der Waals surface area contributed by atoms with Gasteiger partial charge in [0, 0.05) is 18.0 Å². The van der Waals surface area contributed by atoms with Crippen molar-refractivity contribution in [2.75, 3.05) is 25.1 Å². The van der Waals surface area contributed by atoms with Gasteiger partial charge in [0.25, 0.3) is 5.91 Å². The van der Waals surface area contributed by atoms with Crippen molar-refractivity contribution in [2.45, 2.75) is 12.8 Å². The first-order valence-corrected chi connectivity index (χ1v) is 10.2. The minimum atomic E-state index is -0.362. The van der Waals surface area contributed by atoms with Crippen molar-refractivity contribution in [1.82, 2.24) is 10.6 Å². The molecule has 0 aliphatic carbocycles. The summed E-state index contributed by atoms with van der Waals surface area (Å²) in [6.45, 7) is 0.268. The number of carbonyl (C=O) groups is 2. The predicted molar refractivity (Wildman–Crippen MR) is 121 cm³/mol. The van der Waals surface area contributed by atoms with Gasteiger partial charge in [-0.15, -0.1) is 0 Å². The topological polar surface area (TPSA) is 99.7 Å². The van der Waals surface area contributed by atoms with E-state index in [9.17, 15) is 9.59 Å². The quantitative estimate of drug-likeness (QED) is 0.331. The largest absolute Gasteiger partial charge is 0.492 e. The monoisotopic (exact) mass is 469 g/mol. The molecule has 2 rings (SSSR count). The van der Waals surface area contributed by atoms with E-state index in [0.29, 0.717) is 40.1 Å². The van der Waals surface area contributed by atoms with E-state index in [0.717, 1.165) is 0 Å². The highest BCUT2D eigenvalue weighted by atomic mass is 35.5. The van der Waals surface area contributed by atoms with Crippen LogP contribution in [0, 0.1) is 0 Å². The van der Waals surface area contributed by atoms with E-state index >= 15 is 0 Å². The number of nitrogens with one attached hydrogen (secondary N) is 3. The van der Waals surface area contributed by atoms with E-state index in [2.05, 4.69) is 16.0 Å². The molecule has 0 aliphatic rings. The Morgan fingerprint density at radius 2 is 1.90 bits per heavy atom. The summed E-state index contributed by atoms with van der Waals surface area (Å²) in [5, 5.41) is 17.8. The molecule has 0 atom stereocenters. The molecular formula is C20H21Cl2N3O4S. The predicted octanol–water partition coefficient (Wildman–Crippen LogP) is 3.39. The molecule has 0 saturated carbocycles. The number of hydrogen-bond donors (Lipinski definition) is 4. The summed E-state index contributed by atoms with van der Waals surface area (Å²) in [6, 6.07) is 11.6. The number of halogens is 2. The van der Waals surface area contributed by atoms with Crippen LogP contribution in [0.2, 0.25) is 10.0 Å². The molecule has 0 aromatic heterocycles. The van der Waals surface area contributed by atoms with Gasteiger partial charge >= 0.3 is 0 Å². The van der Waals surface area contributed by atoms with Gasteiger partial charge in [-0.05, 0) is 49.0 Å². The lowest BCUT2D eigenvalue weighted by Gasteiger charge is -2.13. The molecule has 2 aromatic carbocycles. The number of rotatable bonds is 9. The van der Waals surface area contributed by atoms with Crippen LogP contribution in [0.25, 0.3) is 0 Å². The number of thiocarbonyl (C=S) groups is 1. The van der Waals surface area contributed by atoms with Gasteiger partial charge in [0.2, 0.25) is 5.91 Å². The second kappa shape index (κ2) is 12.3. The van der Waals surface area contributed by atoms with Gasteiger partial charge in [-0.25, -0.2) is 0 Å². The smallest absolute Gasteiger partial charge is 0.253 e. The Morgan fingerprint density at radius 1 is 1.13 bits per heavy atom. The number of aliphatic hydroxyl groups excluding tert-OH is 1. The van der Waals surface area contributed by atoms with Crippen molar-refractivity contribution < 1.29 is 19.4 Å². The maximum absolute atomic E-state index is 12.1. The molecule has 0 spiro atoms. The molecule has 2 amide bonds. The zero-order chi connectivity index (χ0) is 21.9. The molecule has 0 heterocycles. The van der Waals surface area contributed by atoms with E-state index in [1.807, 2.05) is 0 Å². The molecular weight excluding hydrogens is 449 g/mol. The van der Waals surface area contributed by atoms with Crippen molar-refractivity contribution in [1.29, 1.82) is 0 Å².